The first kappa shape index (κ1) is 24.3. The number of carbonyl (C=O) groups is 2. The maximum atomic E-state index is 13.3. The minimum Gasteiger partial charge on any atom is -0.497 e. The van der Waals surface area contributed by atoms with E-state index in [4.69, 9.17) is 21.7 Å². The molecule has 7 nitrogen and oxygen atoms in total. The van der Waals surface area contributed by atoms with E-state index < -0.39 is 6.04 Å². The van der Waals surface area contributed by atoms with Crippen molar-refractivity contribution in [2.75, 3.05) is 30.5 Å². The Hall–Kier alpha value is -3.39. The molecule has 1 N–H and O–H groups in total. The zero-order chi connectivity index (χ0) is 23.8. The van der Waals surface area contributed by atoms with Crippen LogP contribution in [-0.4, -0.2) is 48.1 Å². The number of hydrogen-bond acceptors (Lipinski definition) is 5. The molecule has 3 rings (SSSR count). The Morgan fingerprint density at radius 2 is 1.85 bits per heavy atom. The number of anilines is 2. The summed E-state index contributed by atoms with van der Waals surface area (Å²) in [4.78, 5) is 29.0. The minimum absolute atomic E-state index is 0.0336. The lowest BCUT2D eigenvalue weighted by Gasteiger charge is -2.29. The van der Waals surface area contributed by atoms with Crippen molar-refractivity contribution in [2.24, 2.45) is 0 Å². The Morgan fingerprint density at radius 1 is 1.18 bits per heavy atom. The molecule has 1 aliphatic rings. The molecule has 0 bridgehead atoms. The molecule has 0 saturated carbocycles. The van der Waals surface area contributed by atoms with Gasteiger partial charge in [0.1, 0.15) is 17.5 Å². The summed E-state index contributed by atoms with van der Waals surface area (Å²) in [6.07, 6.45) is 3.71. The third kappa shape index (κ3) is 5.90. The first-order chi connectivity index (χ1) is 16.0. The summed E-state index contributed by atoms with van der Waals surface area (Å²) in [6, 6.07) is 13.6. The lowest BCUT2D eigenvalue weighted by molar-refractivity contribution is -0.122. The fraction of sp³-hybridized carbons (Fsp3) is 0.320. The number of rotatable bonds is 10. The number of imide groups is 1. The normalized spacial score (nSPS) is 15.3. The highest BCUT2D eigenvalue weighted by molar-refractivity contribution is 7.80. The van der Waals surface area contributed by atoms with Gasteiger partial charge in [-0.1, -0.05) is 19.4 Å². The van der Waals surface area contributed by atoms with Crippen LogP contribution in [0.5, 0.6) is 11.5 Å². The van der Waals surface area contributed by atoms with Crippen molar-refractivity contribution in [2.45, 2.75) is 32.2 Å². The number of carbonyl (C=O) groups excluding carboxylic acids is 2. The number of ether oxygens (including phenoxy) is 2. The summed E-state index contributed by atoms with van der Waals surface area (Å²) in [7, 11) is 1.60. The molecule has 2 amide bonds. The van der Waals surface area contributed by atoms with Crippen LogP contribution in [-0.2, 0) is 9.59 Å². The first-order valence-electron chi connectivity index (χ1n) is 10.9. The molecule has 8 heteroatoms. The first-order valence-corrected chi connectivity index (χ1v) is 11.3. The average Bonchev–Trinajstić information content (AvgIpc) is 3.12. The van der Waals surface area contributed by atoms with E-state index in [0.717, 1.165) is 24.3 Å². The van der Waals surface area contributed by atoms with Gasteiger partial charge in [-0.25, -0.2) is 4.90 Å². The molecule has 1 atom stereocenters. The molecule has 0 radical (unpaired) electrons. The number of hydrogen-bond donors (Lipinski definition) is 1. The molecule has 33 heavy (non-hydrogen) atoms. The predicted molar refractivity (Wildman–Crippen MR) is 134 cm³/mol. The topological polar surface area (TPSA) is 71.1 Å². The largest absolute Gasteiger partial charge is 0.497 e. The third-order valence-corrected chi connectivity index (χ3v) is 5.63. The van der Waals surface area contributed by atoms with E-state index in [-0.39, 0.29) is 18.2 Å². The van der Waals surface area contributed by atoms with Gasteiger partial charge in [-0.2, -0.15) is 0 Å². The fourth-order valence-corrected chi connectivity index (χ4v) is 3.84. The van der Waals surface area contributed by atoms with E-state index in [1.807, 2.05) is 24.3 Å². The maximum absolute atomic E-state index is 13.3. The molecule has 1 fully saturated rings. The van der Waals surface area contributed by atoms with Gasteiger partial charge in [-0.15, -0.1) is 6.58 Å². The van der Waals surface area contributed by atoms with Gasteiger partial charge >= 0.3 is 0 Å². The molecule has 2 aromatic carbocycles. The van der Waals surface area contributed by atoms with Gasteiger partial charge in [0, 0.05) is 12.2 Å². The number of nitrogens with zero attached hydrogens (tertiary/aromatic N) is 2. The number of unbranched alkanes of at least 4 members (excludes halogenated alkanes) is 1. The van der Waals surface area contributed by atoms with Crippen LogP contribution in [0.3, 0.4) is 0 Å². The van der Waals surface area contributed by atoms with Crippen molar-refractivity contribution in [3.05, 3.63) is 61.2 Å². The van der Waals surface area contributed by atoms with Crippen LogP contribution in [0.25, 0.3) is 0 Å². The number of nitrogens with one attached hydrogen (secondary N) is 1. The fourth-order valence-electron chi connectivity index (χ4n) is 3.52. The van der Waals surface area contributed by atoms with Crippen molar-refractivity contribution in [1.29, 1.82) is 0 Å². The highest BCUT2D eigenvalue weighted by Crippen LogP contribution is 2.28. The average molecular weight is 468 g/mol. The van der Waals surface area contributed by atoms with Crippen molar-refractivity contribution < 1.29 is 19.1 Å². The van der Waals surface area contributed by atoms with Crippen molar-refractivity contribution >= 4 is 40.5 Å². The van der Waals surface area contributed by atoms with E-state index in [0.29, 0.717) is 29.7 Å². The van der Waals surface area contributed by atoms with E-state index in [1.54, 1.807) is 42.4 Å². The molecule has 1 saturated heterocycles. The van der Waals surface area contributed by atoms with Crippen LogP contribution in [0.15, 0.2) is 61.2 Å². The number of methoxy groups -OCH3 is 1. The quantitative estimate of drug-likeness (QED) is 0.240. The van der Waals surface area contributed by atoms with Gasteiger partial charge in [0.15, 0.2) is 5.11 Å². The zero-order valence-electron chi connectivity index (χ0n) is 19.0. The smallest absolute Gasteiger partial charge is 0.257 e. The highest BCUT2D eigenvalue weighted by Gasteiger charge is 2.43. The maximum Gasteiger partial charge on any atom is 0.257 e. The van der Waals surface area contributed by atoms with Crippen LogP contribution in [0.1, 0.15) is 26.2 Å². The molecule has 1 aliphatic heterocycles. The van der Waals surface area contributed by atoms with Gasteiger partial charge in [-0.05, 0) is 67.2 Å². The van der Waals surface area contributed by atoms with Crippen molar-refractivity contribution in [3.8, 4) is 11.5 Å². The molecule has 174 valence electrons. The number of thiocarbonyl (C=S) groups is 1. The van der Waals surface area contributed by atoms with Gasteiger partial charge in [0.25, 0.3) is 5.91 Å². The second-order valence-electron chi connectivity index (χ2n) is 7.58. The molecule has 0 aromatic heterocycles. The van der Waals surface area contributed by atoms with Crippen LogP contribution in [0.2, 0.25) is 0 Å². The lowest BCUT2D eigenvalue weighted by atomic mass is 10.2. The van der Waals surface area contributed by atoms with Gasteiger partial charge in [0.05, 0.1) is 25.8 Å². The van der Waals surface area contributed by atoms with Crippen LogP contribution >= 0.6 is 12.2 Å². The Bertz CT molecular complexity index is 992. The Balaban J connectivity index is 1.72. The second-order valence-corrected chi connectivity index (χ2v) is 7.97. The zero-order valence-corrected chi connectivity index (χ0v) is 19.8. The van der Waals surface area contributed by atoms with E-state index >= 15 is 0 Å². The molecule has 0 unspecified atom stereocenters. The summed E-state index contributed by atoms with van der Waals surface area (Å²) in [5.41, 5.74) is 1.27. The summed E-state index contributed by atoms with van der Waals surface area (Å²) in [6.45, 7) is 6.83. The molecule has 0 spiro atoms. The van der Waals surface area contributed by atoms with Gasteiger partial charge in [0.2, 0.25) is 5.91 Å². The van der Waals surface area contributed by atoms with Crippen molar-refractivity contribution in [3.63, 3.8) is 0 Å². The lowest BCUT2D eigenvalue weighted by Crippen LogP contribution is -2.47. The minimum atomic E-state index is -0.714. The monoisotopic (exact) mass is 467 g/mol. The van der Waals surface area contributed by atoms with Crippen LogP contribution in [0.4, 0.5) is 11.4 Å². The molecule has 0 aliphatic carbocycles. The summed E-state index contributed by atoms with van der Waals surface area (Å²) in [5.74, 6) is 0.843. The van der Waals surface area contributed by atoms with E-state index in [2.05, 4.69) is 18.8 Å². The van der Waals surface area contributed by atoms with Crippen LogP contribution < -0.4 is 19.7 Å². The van der Waals surface area contributed by atoms with Gasteiger partial charge in [-0.3, -0.25) is 9.59 Å². The molecular weight excluding hydrogens is 438 g/mol. The Kier molecular flexibility index (Phi) is 8.43. The highest BCUT2D eigenvalue weighted by atomic mass is 32.1. The second kappa shape index (κ2) is 11.5. The predicted octanol–water partition coefficient (Wildman–Crippen LogP) is 4.39. The third-order valence-electron chi connectivity index (χ3n) is 5.29. The van der Waals surface area contributed by atoms with Crippen molar-refractivity contribution in [1.82, 2.24) is 4.90 Å². The summed E-state index contributed by atoms with van der Waals surface area (Å²) >= 11 is 5.57. The SMILES string of the molecule is C=CCN(C(=S)Nc1ccc(OC)cc1)[C@H]1CC(=O)N(c2ccc(OCCCC)cc2)C1=O. The molecule has 1 heterocycles. The van der Waals surface area contributed by atoms with Crippen LogP contribution in [0, 0.1) is 0 Å². The summed E-state index contributed by atoms with van der Waals surface area (Å²) in [5, 5.41) is 3.47. The Labute approximate surface area is 200 Å². The molecule has 2 aromatic rings. The molecular formula is C25H29N3O4S. The number of benzene rings is 2. The summed E-state index contributed by atoms with van der Waals surface area (Å²) < 4.78 is 10.8. The standard InChI is InChI=1S/C25H29N3O4S/c1-4-6-16-32-21-13-9-19(10-14-21)28-23(29)17-22(24(28)30)27(15-5-2)25(33)26-18-7-11-20(31-3)12-8-18/h5,7-14,22H,2,4,6,15-17H2,1,3H3,(H,26,33)/t22-/m0/s1. The Morgan fingerprint density at radius 3 is 2.45 bits per heavy atom. The van der Waals surface area contributed by atoms with E-state index in [9.17, 15) is 9.59 Å². The van der Waals surface area contributed by atoms with Gasteiger partial charge < -0.3 is 19.7 Å². The van der Waals surface area contributed by atoms with E-state index in [1.165, 1.54) is 4.90 Å². The number of amides is 2.